The van der Waals surface area contributed by atoms with E-state index in [2.05, 4.69) is 4.18 Å². The van der Waals surface area contributed by atoms with Gasteiger partial charge in [-0.25, -0.2) is 13.2 Å². The third-order valence-corrected chi connectivity index (χ3v) is 6.87. The molecule has 4 rings (SSSR count). The molecule has 1 unspecified atom stereocenters. The van der Waals surface area contributed by atoms with Crippen LogP contribution in [0.25, 0.3) is 0 Å². The van der Waals surface area contributed by atoms with Crippen LogP contribution < -0.4 is 8.92 Å². The summed E-state index contributed by atoms with van der Waals surface area (Å²) in [7, 11) is -5.09. The molecule has 0 saturated carbocycles. The topological polar surface area (TPSA) is 52.6 Å². The fraction of sp³-hybridized carbons (Fsp3) is 0.217. The zero-order chi connectivity index (χ0) is 26.6. The summed E-state index contributed by atoms with van der Waals surface area (Å²) in [6.07, 6.45) is -4.18. The summed E-state index contributed by atoms with van der Waals surface area (Å²) in [6, 6.07) is 6.39. The lowest BCUT2D eigenvalue weighted by atomic mass is 9.84. The first-order valence-electron chi connectivity index (χ1n) is 10.1. The monoisotopic (exact) mass is 538 g/mol. The second kappa shape index (κ2) is 8.95. The fourth-order valence-corrected chi connectivity index (χ4v) is 4.86. The molecule has 0 fully saturated rings. The molecule has 3 aromatic carbocycles. The molecular formula is C23H14F8O4S. The lowest BCUT2D eigenvalue weighted by Gasteiger charge is -2.28. The van der Waals surface area contributed by atoms with Crippen molar-refractivity contribution in [1.29, 1.82) is 0 Å². The number of hydrogen-bond acceptors (Lipinski definition) is 4. The van der Waals surface area contributed by atoms with Gasteiger partial charge in [-0.3, -0.25) is 0 Å². The highest BCUT2D eigenvalue weighted by Gasteiger charge is 2.34. The van der Waals surface area contributed by atoms with Crippen molar-refractivity contribution in [3.63, 3.8) is 0 Å². The zero-order valence-corrected chi connectivity index (χ0v) is 18.8. The predicted molar refractivity (Wildman–Crippen MR) is 109 cm³/mol. The summed E-state index contributed by atoms with van der Waals surface area (Å²) in [6.45, 7) is 1.55. The van der Waals surface area contributed by atoms with Gasteiger partial charge in [-0.2, -0.15) is 30.4 Å². The number of hydrogen-bond donors (Lipinski definition) is 0. The van der Waals surface area contributed by atoms with Crippen molar-refractivity contribution in [2.45, 2.75) is 30.3 Å². The van der Waals surface area contributed by atoms with E-state index in [4.69, 9.17) is 4.74 Å². The normalized spacial score (nSPS) is 15.9. The Labute approximate surface area is 199 Å². The summed E-state index contributed by atoms with van der Waals surface area (Å²) < 4.78 is 142. The highest BCUT2D eigenvalue weighted by atomic mass is 32.2. The molecular weight excluding hydrogens is 524 g/mol. The standard InChI is InChI=1S/C23H14F8O4S/c1-10-8-11(23(29,30)31)2-4-13(10)14-6-7-34-16-9-12(3-5-15(14)16)36(32,33)35-22-20(27)18(25)17(24)19(26)21(22)28/h2-5,8-9,14H,6-7H2,1H3. The maximum Gasteiger partial charge on any atom is 0.416 e. The molecule has 0 N–H and O–H groups in total. The number of fused-ring (bicyclic) bond motifs is 1. The van der Waals surface area contributed by atoms with E-state index in [0.717, 1.165) is 24.3 Å². The van der Waals surface area contributed by atoms with E-state index in [1.54, 1.807) is 0 Å². The highest BCUT2D eigenvalue weighted by molar-refractivity contribution is 7.87. The van der Waals surface area contributed by atoms with E-state index < -0.39 is 67.5 Å². The Morgan fingerprint density at radius 3 is 2.03 bits per heavy atom. The smallest absolute Gasteiger partial charge is 0.416 e. The van der Waals surface area contributed by atoms with Crippen LogP contribution in [-0.2, 0) is 16.3 Å². The number of alkyl halides is 3. The summed E-state index contributed by atoms with van der Waals surface area (Å²) in [5, 5.41) is 0. The third kappa shape index (κ3) is 4.47. The Morgan fingerprint density at radius 1 is 0.861 bits per heavy atom. The molecule has 36 heavy (non-hydrogen) atoms. The summed E-state index contributed by atoms with van der Waals surface area (Å²) in [5.41, 5.74) is 0.469. The van der Waals surface area contributed by atoms with Crippen LogP contribution in [0.15, 0.2) is 41.3 Å². The van der Waals surface area contributed by atoms with Gasteiger partial charge in [0.15, 0.2) is 0 Å². The van der Waals surface area contributed by atoms with Gasteiger partial charge in [0.1, 0.15) is 10.6 Å². The van der Waals surface area contributed by atoms with Crippen LogP contribution >= 0.6 is 0 Å². The molecule has 0 amide bonds. The van der Waals surface area contributed by atoms with Crippen LogP contribution in [0.2, 0.25) is 0 Å². The minimum absolute atomic E-state index is 0.00682. The molecule has 1 atom stereocenters. The van der Waals surface area contributed by atoms with Gasteiger partial charge in [0, 0.05) is 17.5 Å². The van der Waals surface area contributed by atoms with E-state index in [9.17, 15) is 43.5 Å². The molecule has 1 heterocycles. The Kier molecular flexibility index (Phi) is 6.40. The zero-order valence-electron chi connectivity index (χ0n) is 18.0. The first-order valence-corrected chi connectivity index (χ1v) is 11.5. The molecule has 0 aromatic heterocycles. The summed E-state index contributed by atoms with van der Waals surface area (Å²) in [4.78, 5) is -0.713. The number of aryl methyl sites for hydroxylation is 1. The van der Waals surface area contributed by atoms with Gasteiger partial charge < -0.3 is 8.92 Å². The second-order valence-corrected chi connectivity index (χ2v) is 9.44. The Hall–Kier alpha value is -3.35. The van der Waals surface area contributed by atoms with Gasteiger partial charge in [-0.1, -0.05) is 12.1 Å². The molecule has 0 spiro atoms. The first kappa shape index (κ1) is 25.7. The number of halogens is 8. The SMILES string of the molecule is Cc1cc(C(F)(F)F)ccc1C1CCOc2cc(S(=O)(=O)Oc3c(F)c(F)c(F)c(F)c3F)ccc21. The number of benzene rings is 3. The van der Waals surface area contributed by atoms with E-state index in [1.165, 1.54) is 19.1 Å². The first-order chi connectivity index (χ1) is 16.7. The quantitative estimate of drug-likeness (QED) is 0.167. The van der Waals surface area contributed by atoms with Crippen molar-refractivity contribution in [2.75, 3.05) is 6.61 Å². The fourth-order valence-electron chi connectivity index (χ4n) is 3.91. The molecule has 0 bridgehead atoms. The average Bonchev–Trinajstić information content (AvgIpc) is 2.83. The van der Waals surface area contributed by atoms with Gasteiger partial charge in [-0.15, -0.1) is 0 Å². The molecule has 1 aliphatic heterocycles. The van der Waals surface area contributed by atoms with E-state index in [1.807, 2.05) is 0 Å². The molecule has 0 aliphatic carbocycles. The second-order valence-electron chi connectivity index (χ2n) is 7.89. The van der Waals surface area contributed by atoms with Gasteiger partial charge >= 0.3 is 16.3 Å². The highest BCUT2D eigenvalue weighted by Crippen LogP contribution is 2.42. The Balaban J connectivity index is 1.70. The third-order valence-electron chi connectivity index (χ3n) is 5.65. The Morgan fingerprint density at radius 2 is 1.44 bits per heavy atom. The van der Waals surface area contributed by atoms with Crippen molar-refractivity contribution < 1.29 is 52.5 Å². The van der Waals surface area contributed by atoms with Gasteiger partial charge in [0.2, 0.25) is 34.8 Å². The summed E-state index contributed by atoms with van der Waals surface area (Å²) >= 11 is 0. The van der Waals surface area contributed by atoms with Crippen LogP contribution in [0.4, 0.5) is 35.1 Å². The minimum atomic E-state index is -5.09. The molecule has 0 saturated heterocycles. The van der Waals surface area contributed by atoms with Crippen molar-refractivity contribution in [3.8, 4) is 11.5 Å². The minimum Gasteiger partial charge on any atom is -0.493 e. The molecule has 1 aliphatic rings. The van der Waals surface area contributed by atoms with Gasteiger partial charge in [0.25, 0.3) is 0 Å². The predicted octanol–water partition coefficient (Wildman–Crippen LogP) is 6.39. The van der Waals surface area contributed by atoms with E-state index in [0.29, 0.717) is 23.1 Å². The van der Waals surface area contributed by atoms with Crippen LogP contribution in [0.5, 0.6) is 11.5 Å². The van der Waals surface area contributed by atoms with Crippen molar-refractivity contribution in [3.05, 3.63) is 87.7 Å². The molecule has 192 valence electrons. The van der Waals surface area contributed by atoms with Crippen LogP contribution in [-0.4, -0.2) is 15.0 Å². The molecule has 3 aromatic rings. The van der Waals surface area contributed by atoms with Gasteiger partial charge in [-0.05, 0) is 42.7 Å². The maximum absolute atomic E-state index is 13.9. The van der Waals surface area contributed by atoms with Crippen molar-refractivity contribution in [2.24, 2.45) is 0 Å². The maximum atomic E-state index is 13.9. The Bertz CT molecular complexity index is 1440. The van der Waals surface area contributed by atoms with Crippen molar-refractivity contribution in [1.82, 2.24) is 0 Å². The number of ether oxygens (including phenoxy) is 1. The van der Waals surface area contributed by atoms with Crippen LogP contribution in [0.3, 0.4) is 0 Å². The van der Waals surface area contributed by atoms with Gasteiger partial charge in [0.05, 0.1) is 12.2 Å². The van der Waals surface area contributed by atoms with Crippen molar-refractivity contribution >= 4 is 10.1 Å². The molecule has 4 nitrogen and oxygen atoms in total. The van der Waals surface area contributed by atoms with Crippen LogP contribution in [0, 0.1) is 36.0 Å². The lowest BCUT2D eigenvalue weighted by molar-refractivity contribution is -0.137. The molecule has 13 heteroatoms. The van der Waals surface area contributed by atoms with E-state index in [-0.39, 0.29) is 12.4 Å². The summed E-state index contributed by atoms with van der Waals surface area (Å²) in [5.74, 6) is -14.7. The average molecular weight is 538 g/mol. The lowest BCUT2D eigenvalue weighted by Crippen LogP contribution is -2.18. The largest absolute Gasteiger partial charge is 0.493 e. The molecule has 0 radical (unpaired) electrons. The number of rotatable bonds is 4. The van der Waals surface area contributed by atoms with E-state index >= 15 is 0 Å². The van der Waals surface area contributed by atoms with Crippen LogP contribution in [0.1, 0.15) is 34.6 Å².